The summed E-state index contributed by atoms with van der Waals surface area (Å²) in [5, 5.41) is 0.0900. The molecule has 2 aromatic carbocycles. The van der Waals surface area contributed by atoms with Crippen LogP contribution in [0.1, 0.15) is 31.9 Å². The van der Waals surface area contributed by atoms with Crippen molar-refractivity contribution in [2.45, 2.75) is 26.2 Å². The molecular weight excluding hydrogens is 420 g/mol. The summed E-state index contributed by atoms with van der Waals surface area (Å²) in [7, 11) is 0.392. The van der Waals surface area contributed by atoms with Gasteiger partial charge in [-0.25, -0.2) is 0 Å². The van der Waals surface area contributed by atoms with Crippen molar-refractivity contribution in [3.8, 4) is 0 Å². The van der Waals surface area contributed by atoms with E-state index in [2.05, 4.69) is 55.1 Å². The number of benzene rings is 2. The molecule has 30 heavy (non-hydrogen) atoms. The van der Waals surface area contributed by atoms with Crippen LogP contribution in [0.3, 0.4) is 0 Å². The number of carbonyl (C=O) groups excluding carboxylic acids is 1. The van der Waals surface area contributed by atoms with Gasteiger partial charge in [-0.3, -0.25) is 14.2 Å². The van der Waals surface area contributed by atoms with Gasteiger partial charge in [0.25, 0.3) is 15.4 Å². The number of fused-ring (bicyclic) bond motifs is 2. The van der Waals surface area contributed by atoms with E-state index in [1.807, 2.05) is 31.1 Å². The van der Waals surface area contributed by atoms with Crippen molar-refractivity contribution in [2.24, 2.45) is 0 Å². The van der Waals surface area contributed by atoms with Gasteiger partial charge in [0.2, 0.25) is 0 Å². The standard InChI is InChI=1S/C20H24N2OS.C2H6O3S/c1-20(2)15-9-5-7-11-17(15)22(18-12-8-6-10-16(18)20)19(23)24-14-13-21(3)4;1-2-6(3,4)5/h5-12H,13-14H2,1-4H3;2H2,1H3,(H,3,4,5). The third-order valence-electron chi connectivity index (χ3n) is 4.95. The average Bonchev–Trinajstić information content (AvgIpc) is 2.68. The number of hydrogen-bond donors (Lipinski definition) is 1. The molecule has 0 radical (unpaired) electrons. The van der Waals surface area contributed by atoms with Gasteiger partial charge >= 0.3 is 0 Å². The second-order valence-electron chi connectivity index (χ2n) is 7.78. The fourth-order valence-electron chi connectivity index (χ4n) is 3.25. The molecule has 1 amide bonds. The van der Waals surface area contributed by atoms with Crippen molar-refractivity contribution in [3.05, 3.63) is 59.7 Å². The Hall–Kier alpha value is -1.87. The lowest BCUT2D eigenvalue weighted by Gasteiger charge is -2.40. The number of hydrogen-bond acceptors (Lipinski definition) is 5. The molecule has 0 saturated heterocycles. The topological polar surface area (TPSA) is 77.9 Å². The molecule has 6 nitrogen and oxygen atoms in total. The molecular formula is C22H30N2O4S2. The summed E-state index contributed by atoms with van der Waals surface area (Å²) >= 11 is 1.38. The molecule has 0 bridgehead atoms. The number of para-hydroxylation sites is 2. The SMILES string of the molecule is CCS(=O)(=O)O.CN(C)CCSC(=O)N1c2ccccc2C(C)(C)c2ccccc21. The van der Waals surface area contributed by atoms with E-state index >= 15 is 0 Å². The first-order valence-corrected chi connectivity index (χ1v) is 12.3. The van der Waals surface area contributed by atoms with Crippen molar-refractivity contribution in [1.29, 1.82) is 0 Å². The Bertz CT molecular complexity index is 939. The van der Waals surface area contributed by atoms with Crippen LogP contribution in [-0.2, 0) is 15.5 Å². The molecule has 2 aromatic rings. The van der Waals surface area contributed by atoms with Crippen LogP contribution in [0.5, 0.6) is 0 Å². The van der Waals surface area contributed by atoms with Gasteiger partial charge in [-0.2, -0.15) is 8.42 Å². The van der Waals surface area contributed by atoms with Gasteiger partial charge in [0, 0.05) is 17.7 Å². The summed E-state index contributed by atoms with van der Waals surface area (Å²) < 4.78 is 26.9. The number of anilines is 2. The highest BCUT2D eigenvalue weighted by Gasteiger charge is 2.38. The molecule has 1 aliphatic rings. The van der Waals surface area contributed by atoms with Gasteiger partial charge in [0.05, 0.1) is 17.1 Å². The number of nitrogens with zero attached hydrogens (tertiary/aromatic N) is 2. The maximum Gasteiger partial charge on any atom is 0.290 e. The van der Waals surface area contributed by atoms with E-state index in [0.717, 1.165) is 23.7 Å². The normalized spacial score (nSPS) is 14.4. The lowest BCUT2D eigenvalue weighted by atomic mass is 9.74. The highest BCUT2D eigenvalue weighted by Crippen LogP contribution is 2.49. The number of carbonyl (C=O) groups is 1. The van der Waals surface area contributed by atoms with E-state index in [-0.39, 0.29) is 16.4 Å². The van der Waals surface area contributed by atoms with Gasteiger partial charge in [-0.15, -0.1) is 0 Å². The third-order valence-corrected chi connectivity index (χ3v) is 6.49. The molecule has 0 aliphatic carbocycles. The van der Waals surface area contributed by atoms with Gasteiger partial charge < -0.3 is 4.90 Å². The second kappa shape index (κ2) is 9.96. The molecule has 1 N–H and O–H groups in total. The zero-order valence-electron chi connectivity index (χ0n) is 18.1. The summed E-state index contributed by atoms with van der Waals surface area (Å²) in [6.07, 6.45) is 0. The van der Waals surface area contributed by atoms with Crippen LogP contribution >= 0.6 is 11.8 Å². The number of thioether (sulfide) groups is 1. The zero-order valence-corrected chi connectivity index (χ0v) is 19.8. The minimum Gasteiger partial charge on any atom is -0.309 e. The monoisotopic (exact) mass is 450 g/mol. The first-order chi connectivity index (χ1) is 14.0. The third kappa shape index (κ3) is 5.85. The van der Waals surface area contributed by atoms with E-state index in [1.165, 1.54) is 29.8 Å². The van der Waals surface area contributed by atoms with Crippen LogP contribution in [0.4, 0.5) is 16.2 Å². The Labute approximate surface area is 184 Å². The smallest absolute Gasteiger partial charge is 0.290 e. The number of rotatable bonds is 4. The highest BCUT2D eigenvalue weighted by atomic mass is 32.2. The quantitative estimate of drug-likeness (QED) is 0.676. The molecule has 0 aromatic heterocycles. The molecule has 0 fully saturated rings. The molecule has 0 saturated carbocycles. The van der Waals surface area contributed by atoms with E-state index in [4.69, 9.17) is 4.55 Å². The molecule has 164 valence electrons. The first kappa shape index (κ1) is 24.4. The Morgan fingerprint density at radius 2 is 1.47 bits per heavy atom. The van der Waals surface area contributed by atoms with Crippen LogP contribution in [0.2, 0.25) is 0 Å². The van der Waals surface area contributed by atoms with Gasteiger partial charge in [0.15, 0.2) is 0 Å². The van der Waals surface area contributed by atoms with Crippen LogP contribution < -0.4 is 4.90 Å². The second-order valence-corrected chi connectivity index (χ2v) is 10.6. The summed E-state index contributed by atoms with van der Waals surface area (Å²) in [6, 6.07) is 16.5. The van der Waals surface area contributed by atoms with Crippen LogP contribution in [0.15, 0.2) is 48.5 Å². The average molecular weight is 451 g/mol. The summed E-state index contributed by atoms with van der Waals surface area (Å²) in [6.45, 7) is 6.71. The van der Waals surface area contributed by atoms with E-state index in [9.17, 15) is 13.2 Å². The molecule has 0 atom stereocenters. The van der Waals surface area contributed by atoms with E-state index < -0.39 is 10.1 Å². The molecule has 0 spiro atoms. The summed E-state index contributed by atoms with van der Waals surface area (Å²) in [5.74, 6) is 0.586. The van der Waals surface area contributed by atoms with Crippen LogP contribution in [0.25, 0.3) is 0 Å². The molecule has 3 rings (SSSR count). The van der Waals surface area contributed by atoms with Crippen molar-refractivity contribution in [3.63, 3.8) is 0 Å². The van der Waals surface area contributed by atoms with Crippen LogP contribution in [0, 0.1) is 0 Å². The van der Waals surface area contributed by atoms with Crippen molar-refractivity contribution in [1.82, 2.24) is 4.90 Å². The predicted molar refractivity (Wildman–Crippen MR) is 126 cm³/mol. The molecule has 1 heterocycles. The summed E-state index contributed by atoms with van der Waals surface area (Å²) in [5.41, 5.74) is 4.29. The Kier molecular flexibility index (Phi) is 8.10. The van der Waals surface area contributed by atoms with E-state index in [0.29, 0.717) is 0 Å². The lowest BCUT2D eigenvalue weighted by Crippen LogP contribution is -2.35. The summed E-state index contributed by atoms with van der Waals surface area (Å²) in [4.78, 5) is 17.0. The van der Waals surface area contributed by atoms with Crippen LogP contribution in [-0.4, -0.2) is 55.3 Å². The predicted octanol–water partition coefficient (Wildman–Crippen LogP) is 4.77. The van der Waals surface area contributed by atoms with Crippen molar-refractivity contribution in [2.75, 3.05) is 37.0 Å². The maximum absolute atomic E-state index is 13.0. The Morgan fingerprint density at radius 1 is 1.03 bits per heavy atom. The fourth-order valence-corrected chi connectivity index (χ4v) is 4.20. The van der Waals surface area contributed by atoms with Crippen molar-refractivity contribution >= 4 is 38.5 Å². The fraction of sp³-hybridized carbons (Fsp3) is 0.409. The maximum atomic E-state index is 13.0. The first-order valence-electron chi connectivity index (χ1n) is 9.74. The van der Waals surface area contributed by atoms with Gasteiger partial charge in [-0.1, -0.05) is 62.0 Å². The Balaban J connectivity index is 0.000000469. The largest absolute Gasteiger partial charge is 0.309 e. The minimum atomic E-state index is -3.66. The molecule has 0 unspecified atom stereocenters. The Morgan fingerprint density at radius 3 is 1.87 bits per heavy atom. The molecule has 8 heteroatoms. The number of amides is 1. The molecule has 1 aliphatic heterocycles. The zero-order chi connectivity index (χ0) is 22.5. The minimum absolute atomic E-state index is 0.0900. The highest BCUT2D eigenvalue weighted by molar-refractivity contribution is 8.13. The lowest BCUT2D eigenvalue weighted by molar-refractivity contribution is 0.266. The van der Waals surface area contributed by atoms with Crippen molar-refractivity contribution < 1.29 is 17.8 Å². The van der Waals surface area contributed by atoms with E-state index in [1.54, 1.807) is 0 Å². The van der Waals surface area contributed by atoms with Gasteiger partial charge in [-0.05, 0) is 44.3 Å². The van der Waals surface area contributed by atoms with Gasteiger partial charge in [0.1, 0.15) is 0 Å².